The van der Waals surface area contributed by atoms with E-state index in [9.17, 15) is 5.26 Å². The van der Waals surface area contributed by atoms with Crippen LogP contribution in [0.2, 0.25) is 0 Å². The Hall–Kier alpha value is -5.43. The molecule has 5 aromatic rings. The number of halogens is 1. The van der Waals surface area contributed by atoms with Gasteiger partial charge in [-0.15, -0.1) is 6.58 Å². The van der Waals surface area contributed by atoms with E-state index in [2.05, 4.69) is 158 Å². The molecule has 2 heterocycles. The molecule has 252 valence electrons. The normalized spacial score (nSPS) is 20.6. The molecular weight excluding hydrogens is 642 g/mol. The number of hydrogen-bond acceptors (Lipinski definition) is 2. The van der Waals surface area contributed by atoms with Crippen LogP contribution in [0, 0.1) is 11.3 Å². The molecule has 7 rings (SSSR count). The summed E-state index contributed by atoms with van der Waals surface area (Å²) >= 11 is 7.11. The van der Waals surface area contributed by atoms with E-state index in [1.54, 1.807) is 0 Å². The zero-order valence-electron chi connectivity index (χ0n) is 29.6. The molecular formula is C47H43ClN3+. The van der Waals surface area contributed by atoms with Crippen molar-refractivity contribution in [3.05, 3.63) is 191 Å². The number of likely N-dealkylation sites (N-methyl/N-ethyl adjacent to an activating group) is 1. The molecule has 0 aromatic heterocycles. The molecule has 0 N–H and O–H groups in total. The number of nitrogens with zero attached hydrogens (tertiary/aromatic N) is 3. The van der Waals surface area contributed by atoms with Gasteiger partial charge in [-0.2, -0.15) is 9.84 Å². The quantitative estimate of drug-likeness (QED) is 0.0832. The third kappa shape index (κ3) is 6.15. The summed E-state index contributed by atoms with van der Waals surface area (Å²) in [5.41, 5.74) is 9.87. The maximum absolute atomic E-state index is 9.63. The van der Waals surface area contributed by atoms with Gasteiger partial charge in [-0.1, -0.05) is 103 Å². The first-order valence-corrected chi connectivity index (χ1v) is 18.0. The van der Waals surface area contributed by atoms with Gasteiger partial charge in [-0.25, -0.2) is 0 Å². The largest absolute Gasteiger partial charge is 0.347 e. The van der Waals surface area contributed by atoms with Gasteiger partial charge in [0.25, 0.3) is 0 Å². The number of allylic oxidation sites excluding steroid dienone is 7. The SMILES string of the molecule is C=CCC1(C)C(=CC=C(Cl)C=CC2=[N+](C)c3ccc4ccccc4c3C2(CCc2ccccc2)Cc2ccccc2)N(C)c2ccc(C#N)cc21. The highest BCUT2D eigenvalue weighted by atomic mass is 35.5. The van der Waals surface area contributed by atoms with Crippen LogP contribution in [0.3, 0.4) is 0 Å². The van der Waals surface area contributed by atoms with Crippen LogP contribution in [0.1, 0.15) is 47.6 Å². The average molecular weight is 685 g/mol. The summed E-state index contributed by atoms with van der Waals surface area (Å²) < 4.78 is 2.38. The van der Waals surface area contributed by atoms with Crippen molar-refractivity contribution in [3.8, 4) is 6.07 Å². The fourth-order valence-corrected chi connectivity index (χ4v) is 8.64. The highest BCUT2D eigenvalue weighted by molar-refractivity contribution is 6.31. The first-order valence-electron chi connectivity index (χ1n) is 17.7. The summed E-state index contributed by atoms with van der Waals surface area (Å²) in [7, 11) is 4.28. The lowest BCUT2D eigenvalue weighted by Crippen LogP contribution is -2.37. The fraction of sp³-hybridized carbons (Fsp3) is 0.191. The lowest BCUT2D eigenvalue weighted by molar-refractivity contribution is -0.401. The van der Waals surface area contributed by atoms with Crippen molar-refractivity contribution in [1.29, 1.82) is 5.26 Å². The maximum atomic E-state index is 9.63. The zero-order valence-corrected chi connectivity index (χ0v) is 30.4. The summed E-state index contributed by atoms with van der Waals surface area (Å²) in [6, 6.07) is 43.3. The summed E-state index contributed by atoms with van der Waals surface area (Å²) in [5, 5.41) is 12.8. The van der Waals surface area contributed by atoms with Crippen molar-refractivity contribution in [1.82, 2.24) is 0 Å². The van der Waals surface area contributed by atoms with Crippen molar-refractivity contribution >= 4 is 39.5 Å². The number of nitriles is 1. The monoisotopic (exact) mass is 684 g/mol. The Morgan fingerprint density at radius 2 is 1.63 bits per heavy atom. The van der Waals surface area contributed by atoms with Crippen molar-refractivity contribution in [2.24, 2.45) is 0 Å². The lowest BCUT2D eigenvalue weighted by atomic mass is 9.68. The van der Waals surface area contributed by atoms with E-state index in [0.717, 1.165) is 42.6 Å². The second kappa shape index (κ2) is 14.1. The van der Waals surface area contributed by atoms with Gasteiger partial charge in [0.15, 0.2) is 5.71 Å². The summed E-state index contributed by atoms with van der Waals surface area (Å²) in [4.78, 5) is 2.21. The molecule has 0 fully saturated rings. The van der Waals surface area contributed by atoms with E-state index in [1.165, 1.54) is 38.9 Å². The summed E-state index contributed by atoms with van der Waals surface area (Å²) in [6.45, 7) is 6.28. The van der Waals surface area contributed by atoms with Gasteiger partial charge in [0, 0.05) is 46.6 Å². The molecule has 2 unspecified atom stereocenters. The third-order valence-electron chi connectivity index (χ3n) is 11.0. The molecule has 0 aliphatic carbocycles. The number of anilines is 1. The van der Waals surface area contributed by atoms with E-state index < -0.39 is 0 Å². The number of aryl methyl sites for hydroxylation is 1. The second-order valence-corrected chi connectivity index (χ2v) is 14.5. The second-order valence-electron chi connectivity index (χ2n) is 14.0. The van der Waals surface area contributed by atoms with Gasteiger partial charge < -0.3 is 4.90 Å². The van der Waals surface area contributed by atoms with E-state index in [0.29, 0.717) is 10.6 Å². The van der Waals surface area contributed by atoms with Crippen LogP contribution in [0.15, 0.2) is 163 Å². The molecule has 0 bridgehead atoms. The Balaban J connectivity index is 1.33. The summed E-state index contributed by atoms with van der Waals surface area (Å²) in [5.74, 6) is 0. The molecule has 0 spiro atoms. The molecule has 3 nitrogen and oxygen atoms in total. The van der Waals surface area contributed by atoms with E-state index in [-0.39, 0.29) is 10.8 Å². The Morgan fingerprint density at radius 3 is 2.35 bits per heavy atom. The van der Waals surface area contributed by atoms with Crippen LogP contribution in [-0.4, -0.2) is 24.4 Å². The average Bonchev–Trinajstić information content (AvgIpc) is 3.52. The van der Waals surface area contributed by atoms with Crippen molar-refractivity contribution in [2.45, 2.75) is 43.4 Å². The standard InChI is InChI=1S/C47H43ClN3/c1-5-29-46(2)40-31-36(33-49)20-24-41(40)50(3)43(46)26-22-38(48)23-27-44-47(32-35-16-10-7-11-17-35,30-28-34-14-8-6-9-15-34)45-39-19-13-12-18-37(39)21-25-42(45)51(44)4/h5-27,31H,1,28-30,32H2,2-4H3/q+1. The zero-order chi connectivity index (χ0) is 35.6. The van der Waals surface area contributed by atoms with E-state index in [1.807, 2.05) is 30.4 Å². The van der Waals surface area contributed by atoms with Gasteiger partial charge in [-0.3, -0.25) is 0 Å². The van der Waals surface area contributed by atoms with Crippen molar-refractivity contribution in [3.63, 3.8) is 0 Å². The first-order chi connectivity index (χ1) is 24.8. The Morgan fingerprint density at radius 1 is 0.922 bits per heavy atom. The van der Waals surface area contributed by atoms with Gasteiger partial charge in [0.05, 0.1) is 17.0 Å². The van der Waals surface area contributed by atoms with Gasteiger partial charge in [0.2, 0.25) is 5.69 Å². The molecule has 2 aliphatic heterocycles. The van der Waals surface area contributed by atoms with Crippen LogP contribution in [0.4, 0.5) is 11.4 Å². The Kier molecular flexibility index (Phi) is 9.38. The Labute approximate surface area is 307 Å². The number of hydrogen-bond donors (Lipinski definition) is 0. The minimum Gasteiger partial charge on any atom is -0.347 e. The fourth-order valence-electron chi connectivity index (χ4n) is 8.51. The van der Waals surface area contributed by atoms with Gasteiger partial charge >= 0.3 is 0 Å². The van der Waals surface area contributed by atoms with Crippen LogP contribution < -0.4 is 4.90 Å². The molecule has 0 saturated heterocycles. The molecule has 2 atom stereocenters. The molecule has 2 aliphatic rings. The highest BCUT2D eigenvalue weighted by Gasteiger charge is 2.51. The lowest BCUT2D eigenvalue weighted by Gasteiger charge is -2.29. The minimum absolute atomic E-state index is 0.303. The molecule has 4 heteroatoms. The predicted molar refractivity (Wildman–Crippen MR) is 214 cm³/mol. The third-order valence-corrected chi connectivity index (χ3v) is 11.2. The molecule has 5 aromatic carbocycles. The predicted octanol–water partition coefficient (Wildman–Crippen LogP) is 11.1. The Bertz CT molecular complexity index is 2290. The van der Waals surface area contributed by atoms with Crippen LogP contribution in [0.5, 0.6) is 0 Å². The molecule has 51 heavy (non-hydrogen) atoms. The van der Waals surface area contributed by atoms with Crippen LogP contribution in [0.25, 0.3) is 10.8 Å². The number of benzene rings is 5. The van der Waals surface area contributed by atoms with Crippen molar-refractivity contribution < 1.29 is 4.58 Å². The molecule has 0 radical (unpaired) electrons. The van der Waals surface area contributed by atoms with E-state index in [4.69, 9.17) is 11.6 Å². The summed E-state index contributed by atoms with van der Waals surface area (Å²) in [6.07, 6.45) is 13.9. The number of fused-ring (bicyclic) bond motifs is 4. The molecule has 0 amide bonds. The highest BCUT2D eigenvalue weighted by Crippen LogP contribution is 2.50. The smallest absolute Gasteiger partial charge is 0.210 e. The van der Waals surface area contributed by atoms with Gasteiger partial charge in [0.1, 0.15) is 7.05 Å². The number of rotatable bonds is 10. The maximum Gasteiger partial charge on any atom is 0.210 e. The van der Waals surface area contributed by atoms with Crippen molar-refractivity contribution in [2.75, 3.05) is 19.0 Å². The van der Waals surface area contributed by atoms with Crippen LogP contribution >= 0.6 is 11.6 Å². The van der Waals surface area contributed by atoms with Gasteiger partial charge in [-0.05, 0) is 103 Å². The first kappa shape index (κ1) is 34.0. The topological polar surface area (TPSA) is 30.0 Å². The van der Waals surface area contributed by atoms with E-state index >= 15 is 0 Å². The minimum atomic E-state index is -0.332. The van der Waals surface area contributed by atoms with Crippen LogP contribution in [-0.2, 0) is 23.7 Å². The molecule has 0 saturated carbocycles.